The van der Waals surface area contributed by atoms with Crippen molar-refractivity contribution in [3.8, 4) is 0 Å². The molecule has 0 aliphatic carbocycles. The molecule has 10 heteroatoms. The predicted molar refractivity (Wildman–Crippen MR) is 93.2 cm³/mol. The average molecular weight is 378 g/mol. The van der Waals surface area contributed by atoms with Crippen LogP contribution in [0.15, 0.2) is 24.7 Å². The minimum absolute atomic E-state index is 0.347. The second-order valence-electron chi connectivity index (χ2n) is 6.64. The van der Waals surface area contributed by atoms with E-state index in [0.717, 1.165) is 29.4 Å². The van der Waals surface area contributed by atoms with Crippen LogP contribution in [0.5, 0.6) is 0 Å². The molecule has 1 fully saturated rings. The van der Waals surface area contributed by atoms with Crippen molar-refractivity contribution in [1.29, 1.82) is 0 Å². The molecular formula is C17H17F3N6O. The number of anilines is 1. The number of nitrogens with zero attached hydrogens (tertiary/aromatic N) is 4. The first-order chi connectivity index (χ1) is 12.9. The third-order valence-corrected chi connectivity index (χ3v) is 4.65. The molecule has 1 saturated heterocycles. The molecule has 2 N–H and O–H groups in total. The Morgan fingerprint density at radius 2 is 2.19 bits per heavy atom. The molecule has 1 amide bonds. The molecular weight excluding hydrogens is 361 g/mol. The lowest BCUT2D eigenvalue weighted by Gasteiger charge is -2.35. The highest BCUT2D eigenvalue weighted by Crippen LogP contribution is 2.32. The lowest BCUT2D eigenvalue weighted by atomic mass is 10.0. The monoisotopic (exact) mass is 378 g/mol. The summed E-state index contributed by atoms with van der Waals surface area (Å²) < 4.78 is 37.2. The van der Waals surface area contributed by atoms with E-state index >= 15 is 0 Å². The zero-order valence-electron chi connectivity index (χ0n) is 14.3. The zero-order valence-corrected chi connectivity index (χ0v) is 14.3. The SMILES string of the molecule is O=C(CC(F)(F)F)NC1CCCN(c2cncc3nnc4[nH]ccc4c23)C1. The number of fused-ring (bicyclic) bond motifs is 3. The van der Waals surface area contributed by atoms with E-state index in [0.29, 0.717) is 24.1 Å². The molecule has 1 unspecified atom stereocenters. The molecule has 0 bridgehead atoms. The maximum atomic E-state index is 12.4. The first-order valence-corrected chi connectivity index (χ1v) is 8.59. The molecule has 27 heavy (non-hydrogen) atoms. The number of carbonyl (C=O) groups is 1. The fraction of sp³-hybridized carbons (Fsp3) is 0.412. The van der Waals surface area contributed by atoms with Crippen LogP contribution in [0.3, 0.4) is 0 Å². The maximum Gasteiger partial charge on any atom is 0.397 e. The Hall–Kier alpha value is -2.91. The third kappa shape index (κ3) is 3.64. The van der Waals surface area contributed by atoms with Crippen LogP contribution in [-0.4, -0.2) is 51.4 Å². The number of aromatic amines is 1. The van der Waals surface area contributed by atoms with Gasteiger partial charge in [-0.1, -0.05) is 0 Å². The second-order valence-corrected chi connectivity index (χ2v) is 6.64. The van der Waals surface area contributed by atoms with E-state index in [1.807, 2.05) is 11.0 Å². The first-order valence-electron chi connectivity index (χ1n) is 8.59. The van der Waals surface area contributed by atoms with E-state index in [4.69, 9.17) is 0 Å². The van der Waals surface area contributed by atoms with Gasteiger partial charge in [0, 0.05) is 36.1 Å². The van der Waals surface area contributed by atoms with E-state index < -0.39 is 18.5 Å². The number of hydrogen-bond acceptors (Lipinski definition) is 5. The summed E-state index contributed by atoms with van der Waals surface area (Å²) in [6.07, 6.45) is 0.551. The summed E-state index contributed by atoms with van der Waals surface area (Å²) in [7, 11) is 0. The van der Waals surface area contributed by atoms with Crippen molar-refractivity contribution in [2.24, 2.45) is 0 Å². The molecule has 1 aliphatic heterocycles. The summed E-state index contributed by atoms with van der Waals surface area (Å²) >= 11 is 0. The molecule has 7 nitrogen and oxygen atoms in total. The second kappa shape index (κ2) is 6.67. The van der Waals surface area contributed by atoms with Gasteiger partial charge in [0.25, 0.3) is 0 Å². The molecule has 0 aromatic carbocycles. The van der Waals surface area contributed by atoms with E-state index in [2.05, 4.69) is 25.5 Å². The van der Waals surface area contributed by atoms with Gasteiger partial charge in [-0.2, -0.15) is 13.2 Å². The summed E-state index contributed by atoms with van der Waals surface area (Å²) in [6, 6.07) is 1.56. The van der Waals surface area contributed by atoms with E-state index in [1.165, 1.54) is 0 Å². The van der Waals surface area contributed by atoms with Gasteiger partial charge in [-0.3, -0.25) is 9.78 Å². The Morgan fingerprint density at radius 3 is 3.00 bits per heavy atom. The Labute approximate surface area is 152 Å². The van der Waals surface area contributed by atoms with Crippen molar-refractivity contribution in [2.45, 2.75) is 31.5 Å². The number of H-pyrrole nitrogens is 1. The molecule has 0 radical (unpaired) electrons. The molecule has 4 rings (SSSR count). The van der Waals surface area contributed by atoms with Crippen LogP contribution in [0.1, 0.15) is 19.3 Å². The summed E-state index contributed by atoms with van der Waals surface area (Å²) in [5.74, 6) is -0.996. The largest absolute Gasteiger partial charge is 0.397 e. The van der Waals surface area contributed by atoms with E-state index in [9.17, 15) is 18.0 Å². The van der Waals surface area contributed by atoms with Crippen LogP contribution in [0, 0.1) is 0 Å². The number of amides is 1. The van der Waals surface area contributed by atoms with Crippen molar-refractivity contribution in [3.63, 3.8) is 0 Å². The van der Waals surface area contributed by atoms with Gasteiger partial charge >= 0.3 is 6.18 Å². The van der Waals surface area contributed by atoms with Gasteiger partial charge in [-0.15, -0.1) is 10.2 Å². The van der Waals surface area contributed by atoms with Crippen LogP contribution in [-0.2, 0) is 4.79 Å². The number of aromatic nitrogens is 4. The molecule has 0 spiro atoms. The fourth-order valence-electron chi connectivity index (χ4n) is 3.55. The van der Waals surface area contributed by atoms with Crippen LogP contribution in [0.2, 0.25) is 0 Å². The standard InChI is InChI=1S/C17H17F3N6O/c18-17(19,20)6-14(27)23-10-2-1-5-26(9-10)13-8-21-7-12-15(13)11-3-4-22-16(11)25-24-12/h3-4,7-8,10H,1-2,5-6,9H2,(H,22,25)(H,23,27). The van der Waals surface area contributed by atoms with Crippen molar-refractivity contribution < 1.29 is 18.0 Å². The van der Waals surface area contributed by atoms with Crippen LogP contribution in [0.4, 0.5) is 18.9 Å². The smallest absolute Gasteiger partial charge is 0.368 e. The normalized spacial score (nSPS) is 18.2. The number of carbonyl (C=O) groups excluding carboxylic acids is 1. The van der Waals surface area contributed by atoms with Crippen molar-refractivity contribution >= 4 is 33.5 Å². The number of rotatable bonds is 3. The van der Waals surface area contributed by atoms with Crippen LogP contribution >= 0.6 is 0 Å². The van der Waals surface area contributed by atoms with Crippen molar-refractivity contribution in [3.05, 3.63) is 24.7 Å². The number of nitrogens with one attached hydrogen (secondary N) is 2. The molecule has 1 atom stereocenters. The van der Waals surface area contributed by atoms with E-state index in [-0.39, 0.29) is 6.04 Å². The van der Waals surface area contributed by atoms with Crippen molar-refractivity contribution in [2.75, 3.05) is 18.0 Å². The van der Waals surface area contributed by atoms with Gasteiger partial charge in [0.2, 0.25) is 5.91 Å². The quantitative estimate of drug-likeness (QED) is 0.732. The summed E-state index contributed by atoms with van der Waals surface area (Å²) in [4.78, 5) is 20.9. The Balaban J connectivity index is 1.60. The van der Waals surface area contributed by atoms with Gasteiger partial charge in [0.15, 0.2) is 5.65 Å². The Bertz CT molecular complexity index is 986. The molecule has 1 aliphatic rings. The lowest BCUT2D eigenvalue weighted by molar-refractivity contribution is -0.154. The topological polar surface area (TPSA) is 86.8 Å². The highest BCUT2D eigenvalue weighted by molar-refractivity contribution is 6.09. The number of piperidine rings is 1. The molecule has 3 aromatic rings. The number of halogens is 3. The van der Waals surface area contributed by atoms with Gasteiger partial charge in [0.05, 0.1) is 18.1 Å². The fourth-order valence-corrected chi connectivity index (χ4v) is 3.55. The predicted octanol–water partition coefficient (Wildman–Crippen LogP) is 2.54. The minimum atomic E-state index is -4.50. The summed E-state index contributed by atoms with van der Waals surface area (Å²) in [5, 5.41) is 12.6. The highest BCUT2D eigenvalue weighted by atomic mass is 19.4. The molecule has 0 saturated carbocycles. The third-order valence-electron chi connectivity index (χ3n) is 4.65. The Kier molecular flexibility index (Phi) is 4.33. The van der Waals surface area contributed by atoms with Gasteiger partial charge < -0.3 is 15.2 Å². The average Bonchev–Trinajstić information content (AvgIpc) is 3.08. The number of hydrogen-bond donors (Lipinski definition) is 2. The molecule has 4 heterocycles. The first kappa shape index (κ1) is 17.5. The lowest BCUT2D eigenvalue weighted by Crippen LogP contribution is -2.48. The van der Waals surface area contributed by atoms with Gasteiger partial charge in [0.1, 0.15) is 11.9 Å². The van der Waals surface area contributed by atoms with Crippen LogP contribution < -0.4 is 10.2 Å². The highest BCUT2D eigenvalue weighted by Gasteiger charge is 2.33. The van der Waals surface area contributed by atoms with Gasteiger partial charge in [-0.05, 0) is 18.9 Å². The molecule has 3 aromatic heterocycles. The zero-order chi connectivity index (χ0) is 19.0. The number of alkyl halides is 3. The maximum absolute atomic E-state index is 12.4. The van der Waals surface area contributed by atoms with E-state index in [1.54, 1.807) is 18.6 Å². The Morgan fingerprint density at radius 1 is 1.33 bits per heavy atom. The minimum Gasteiger partial charge on any atom is -0.368 e. The molecule has 142 valence electrons. The summed E-state index contributed by atoms with van der Waals surface area (Å²) in [6.45, 7) is 1.14. The van der Waals surface area contributed by atoms with Crippen LogP contribution in [0.25, 0.3) is 21.9 Å². The summed E-state index contributed by atoms with van der Waals surface area (Å²) in [5.41, 5.74) is 2.13. The number of pyridine rings is 1. The van der Waals surface area contributed by atoms with Gasteiger partial charge in [-0.25, -0.2) is 0 Å². The van der Waals surface area contributed by atoms with Crippen molar-refractivity contribution in [1.82, 2.24) is 25.5 Å².